The SMILES string of the molecule is O=C(Nc1ccc(N2CCOCC2)cc1)c1ccnc(Nc2ccncc2)c1. The van der Waals surface area contributed by atoms with Crippen molar-refractivity contribution in [2.75, 3.05) is 41.8 Å². The fraction of sp³-hybridized carbons (Fsp3) is 0.190. The third-order valence-corrected chi connectivity index (χ3v) is 4.48. The molecule has 7 heteroatoms. The van der Waals surface area contributed by atoms with Gasteiger partial charge in [-0.2, -0.15) is 0 Å². The molecule has 7 nitrogen and oxygen atoms in total. The molecule has 1 aliphatic heterocycles. The zero-order valence-corrected chi connectivity index (χ0v) is 15.3. The molecule has 142 valence electrons. The second kappa shape index (κ2) is 8.49. The average molecular weight is 375 g/mol. The van der Waals surface area contributed by atoms with E-state index in [1.54, 1.807) is 30.7 Å². The number of hydrogen-bond donors (Lipinski definition) is 2. The Morgan fingerprint density at radius 2 is 1.68 bits per heavy atom. The minimum Gasteiger partial charge on any atom is -0.378 e. The van der Waals surface area contributed by atoms with Crippen molar-refractivity contribution in [2.24, 2.45) is 0 Å². The first-order chi connectivity index (χ1) is 13.8. The van der Waals surface area contributed by atoms with Crippen molar-refractivity contribution in [3.05, 3.63) is 72.7 Å². The van der Waals surface area contributed by atoms with Crippen molar-refractivity contribution in [1.29, 1.82) is 0 Å². The van der Waals surface area contributed by atoms with Gasteiger partial charge >= 0.3 is 0 Å². The van der Waals surface area contributed by atoms with E-state index >= 15 is 0 Å². The van der Waals surface area contributed by atoms with E-state index in [0.717, 1.165) is 43.4 Å². The average Bonchev–Trinajstić information content (AvgIpc) is 2.76. The predicted molar refractivity (Wildman–Crippen MR) is 109 cm³/mol. The first-order valence-corrected chi connectivity index (χ1v) is 9.15. The Balaban J connectivity index is 1.41. The van der Waals surface area contributed by atoms with Gasteiger partial charge in [-0.1, -0.05) is 0 Å². The van der Waals surface area contributed by atoms with Crippen LogP contribution in [0.3, 0.4) is 0 Å². The van der Waals surface area contributed by atoms with Crippen molar-refractivity contribution < 1.29 is 9.53 Å². The molecule has 2 N–H and O–H groups in total. The number of hydrogen-bond acceptors (Lipinski definition) is 6. The largest absolute Gasteiger partial charge is 0.378 e. The van der Waals surface area contributed by atoms with Crippen molar-refractivity contribution in [1.82, 2.24) is 9.97 Å². The second-order valence-corrected chi connectivity index (χ2v) is 6.39. The first kappa shape index (κ1) is 17.9. The van der Waals surface area contributed by atoms with E-state index in [1.807, 2.05) is 36.4 Å². The van der Waals surface area contributed by atoms with Gasteiger partial charge in [-0.25, -0.2) is 4.98 Å². The maximum atomic E-state index is 12.6. The van der Waals surface area contributed by atoms with Crippen molar-refractivity contribution in [2.45, 2.75) is 0 Å². The van der Waals surface area contributed by atoms with Crippen LogP contribution in [0.5, 0.6) is 0 Å². The number of carbonyl (C=O) groups is 1. The number of amides is 1. The molecular weight excluding hydrogens is 354 g/mol. The lowest BCUT2D eigenvalue weighted by atomic mass is 10.2. The van der Waals surface area contributed by atoms with Gasteiger partial charge in [0.1, 0.15) is 5.82 Å². The molecule has 0 aliphatic carbocycles. The number of anilines is 4. The first-order valence-electron chi connectivity index (χ1n) is 9.15. The Morgan fingerprint density at radius 1 is 0.929 bits per heavy atom. The summed E-state index contributed by atoms with van der Waals surface area (Å²) < 4.78 is 5.38. The quantitative estimate of drug-likeness (QED) is 0.712. The molecular formula is C21H21N5O2. The van der Waals surface area contributed by atoms with E-state index in [0.29, 0.717) is 11.4 Å². The third-order valence-electron chi connectivity index (χ3n) is 4.48. The summed E-state index contributed by atoms with van der Waals surface area (Å²) in [5.41, 5.74) is 3.28. The highest BCUT2D eigenvalue weighted by Gasteiger charge is 2.12. The third kappa shape index (κ3) is 4.44. The van der Waals surface area contributed by atoms with Crippen molar-refractivity contribution in [3.8, 4) is 0 Å². The smallest absolute Gasteiger partial charge is 0.255 e. The van der Waals surface area contributed by atoms with E-state index in [2.05, 4.69) is 25.5 Å². The molecule has 2 aromatic heterocycles. The van der Waals surface area contributed by atoms with Crippen LogP contribution in [0.1, 0.15) is 10.4 Å². The molecule has 3 aromatic rings. The zero-order valence-electron chi connectivity index (χ0n) is 15.3. The maximum absolute atomic E-state index is 12.6. The Bertz CT molecular complexity index is 925. The van der Waals surface area contributed by atoms with Crippen LogP contribution < -0.4 is 15.5 Å². The number of morpholine rings is 1. The predicted octanol–water partition coefficient (Wildman–Crippen LogP) is 3.31. The number of pyridine rings is 2. The van der Waals surface area contributed by atoms with E-state index in [4.69, 9.17) is 4.74 Å². The summed E-state index contributed by atoms with van der Waals surface area (Å²) in [6.07, 6.45) is 5.00. The monoisotopic (exact) mass is 375 g/mol. The number of carbonyl (C=O) groups excluding carboxylic acids is 1. The summed E-state index contributed by atoms with van der Waals surface area (Å²) in [4.78, 5) is 23.1. The Hall–Kier alpha value is -3.45. The van der Waals surface area contributed by atoms with Gasteiger partial charge in [0.15, 0.2) is 0 Å². The molecule has 28 heavy (non-hydrogen) atoms. The van der Waals surface area contributed by atoms with Crippen LogP contribution in [0.15, 0.2) is 67.1 Å². The highest BCUT2D eigenvalue weighted by molar-refractivity contribution is 6.04. The molecule has 1 saturated heterocycles. The Labute approximate surface area is 163 Å². The molecule has 1 aliphatic rings. The minimum atomic E-state index is -0.181. The van der Waals surface area contributed by atoms with E-state index < -0.39 is 0 Å². The standard InChI is InChI=1S/C21H21N5O2/c27-21(16-5-10-23-20(15-16)24-18-6-8-22-9-7-18)25-17-1-3-19(4-2-17)26-11-13-28-14-12-26/h1-10,15H,11-14H2,(H,25,27)(H,22,23,24). The number of aromatic nitrogens is 2. The topological polar surface area (TPSA) is 79.4 Å². The highest BCUT2D eigenvalue weighted by Crippen LogP contribution is 2.20. The van der Waals surface area contributed by atoms with Gasteiger partial charge in [-0.3, -0.25) is 9.78 Å². The Morgan fingerprint density at radius 3 is 2.43 bits per heavy atom. The van der Waals surface area contributed by atoms with E-state index in [9.17, 15) is 4.79 Å². The number of nitrogens with one attached hydrogen (secondary N) is 2. The second-order valence-electron chi connectivity index (χ2n) is 6.39. The zero-order chi connectivity index (χ0) is 19.2. The van der Waals surface area contributed by atoms with Gasteiger partial charge in [-0.15, -0.1) is 0 Å². The molecule has 4 rings (SSSR count). The summed E-state index contributed by atoms with van der Waals surface area (Å²) in [6, 6.07) is 15.0. The lowest BCUT2D eigenvalue weighted by Gasteiger charge is -2.28. The molecule has 0 unspecified atom stereocenters. The summed E-state index contributed by atoms with van der Waals surface area (Å²) in [7, 11) is 0. The van der Waals surface area contributed by atoms with Gasteiger partial charge in [-0.05, 0) is 48.5 Å². The minimum absolute atomic E-state index is 0.181. The summed E-state index contributed by atoms with van der Waals surface area (Å²) >= 11 is 0. The van der Waals surface area contributed by atoms with Crippen LogP contribution in [0.2, 0.25) is 0 Å². The number of ether oxygens (including phenoxy) is 1. The van der Waals surface area contributed by atoms with Crippen molar-refractivity contribution in [3.63, 3.8) is 0 Å². The lowest BCUT2D eigenvalue weighted by Crippen LogP contribution is -2.36. The van der Waals surface area contributed by atoms with Gasteiger partial charge in [0, 0.05) is 54.3 Å². The van der Waals surface area contributed by atoms with E-state index in [-0.39, 0.29) is 5.91 Å². The summed E-state index contributed by atoms with van der Waals surface area (Å²) in [5.74, 6) is 0.417. The van der Waals surface area contributed by atoms with Crippen molar-refractivity contribution >= 4 is 28.8 Å². The van der Waals surface area contributed by atoms with Crippen LogP contribution in [0.25, 0.3) is 0 Å². The summed E-state index contributed by atoms with van der Waals surface area (Å²) in [5, 5.41) is 6.09. The van der Waals surface area contributed by atoms with Crippen LogP contribution in [-0.4, -0.2) is 42.2 Å². The maximum Gasteiger partial charge on any atom is 0.255 e. The molecule has 0 atom stereocenters. The fourth-order valence-electron chi connectivity index (χ4n) is 3.00. The van der Waals surface area contributed by atoms with Crippen LogP contribution in [-0.2, 0) is 4.74 Å². The van der Waals surface area contributed by atoms with Crippen LogP contribution >= 0.6 is 0 Å². The molecule has 1 aromatic carbocycles. The van der Waals surface area contributed by atoms with Gasteiger partial charge in [0.2, 0.25) is 0 Å². The molecule has 0 radical (unpaired) electrons. The molecule has 1 amide bonds. The van der Waals surface area contributed by atoms with Gasteiger partial charge in [0.05, 0.1) is 13.2 Å². The fourth-order valence-corrected chi connectivity index (χ4v) is 3.00. The molecule has 1 fully saturated rings. The highest BCUT2D eigenvalue weighted by atomic mass is 16.5. The molecule has 3 heterocycles. The lowest BCUT2D eigenvalue weighted by molar-refractivity contribution is 0.102. The number of benzene rings is 1. The Kier molecular flexibility index (Phi) is 5.44. The number of nitrogens with zero attached hydrogens (tertiary/aromatic N) is 3. The van der Waals surface area contributed by atoms with Crippen LogP contribution in [0.4, 0.5) is 22.9 Å². The normalized spacial score (nSPS) is 13.8. The van der Waals surface area contributed by atoms with E-state index in [1.165, 1.54) is 0 Å². The molecule has 0 spiro atoms. The number of rotatable bonds is 5. The van der Waals surface area contributed by atoms with Gasteiger partial charge in [0.25, 0.3) is 5.91 Å². The van der Waals surface area contributed by atoms with Crippen LogP contribution in [0, 0.1) is 0 Å². The molecule has 0 bridgehead atoms. The summed E-state index contributed by atoms with van der Waals surface area (Å²) in [6.45, 7) is 3.26. The molecule has 0 saturated carbocycles. The van der Waals surface area contributed by atoms with Gasteiger partial charge < -0.3 is 20.3 Å².